The summed E-state index contributed by atoms with van der Waals surface area (Å²) in [6.07, 6.45) is 2.86. The molecule has 0 bridgehead atoms. The minimum absolute atomic E-state index is 0.161. The van der Waals surface area contributed by atoms with Crippen LogP contribution in [0.1, 0.15) is 18.4 Å². The van der Waals surface area contributed by atoms with Crippen molar-refractivity contribution in [3.05, 3.63) is 35.9 Å². The maximum atomic E-state index is 12.1. The van der Waals surface area contributed by atoms with Crippen molar-refractivity contribution in [2.24, 2.45) is 5.41 Å². The van der Waals surface area contributed by atoms with Crippen molar-refractivity contribution in [3.63, 3.8) is 0 Å². The average Bonchev–Trinajstić information content (AvgIpc) is 2.40. The van der Waals surface area contributed by atoms with Crippen LogP contribution in [0, 0.1) is 5.41 Å². The molecule has 1 aromatic carbocycles. The van der Waals surface area contributed by atoms with E-state index in [-0.39, 0.29) is 11.3 Å². The third-order valence-electron chi connectivity index (χ3n) is 3.57. The Hall–Kier alpha value is -1.35. The van der Waals surface area contributed by atoms with Crippen LogP contribution in [0.25, 0.3) is 0 Å². The first kappa shape index (κ1) is 12.1. The van der Waals surface area contributed by atoms with Gasteiger partial charge in [-0.2, -0.15) is 0 Å². The van der Waals surface area contributed by atoms with E-state index in [1.165, 1.54) is 5.56 Å². The summed E-state index contributed by atoms with van der Waals surface area (Å²) in [6.45, 7) is 1.80. The van der Waals surface area contributed by atoms with E-state index in [4.69, 9.17) is 0 Å². The molecule has 3 heteroatoms. The number of amides is 1. The number of hydrogen-bond acceptors (Lipinski definition) is 2. The van der Waals surface area contributed by atoms with E-state index in [1.54, 1.807) is 7.05 Å². The van der Waals surface area contributed by atoms with Gasteiger partial charge in [0.25, 0.3) is 0 Å². The number of piperidine rings is 1. The van der Waals surface area contributed by atoms with Gasteiger partial charge in [-0.1, -0.05) is 30.3 Å². The van der Waals surface area contributed by atoms with Crippen LogP contribution in [0.2, 0.25) is 0 Å². The average molecular weight is 232 g/mol. The predicted molar refractivity (Wildman–Crippen MR) is 68.7 cm³/mol. The van der Waals surface area contributed by atoms with Gasteiger partial charge in [0.2, 0.25) is 5.91 Å². The van der Waals surface area contributed by atoms with Crippen molar-refractivity contribution in [3.8, 4) is 0 Å². The molecule has 92 valence electrons. The van der Waals surface area contributed by atoms with E-state index in [0.717, 1.165) is 32.4 Å². The van der Waals surface area contributed by atoms with Crippen molar-refractivity contribution in [1.29, 1.82) is 0 Å². The Morgan fingerprint density at radius 3 is 2.76 bits per heavy atom. The molecule has 0 spiro atoms. The van der Waals surface area contributed by atoms with E-state index < -0.39 is 0 Å². The number of rotatable bonds is 3. The fourth-order valence-electron chi connectivity index (χ4n) is 2.64. The lowest BCUT2D eigenvalue weighted by molar-refractivity contribution is -0.131. The minimum Gasteiger partial charge on any atom is -0.359 e. The van der Waals surface area contributed by atoms with Gasteiger partial charge in [-0.05, 0) is 31.4 Å². The predicted octanol–water partition coefficient (Wildman–Crippen LogP) is 1.34. The molecular formula is C14H20N2O. The highest BCUT2D eigenvalue weighted by Gasteiger charge is 2.38. The van der Waals surface area contributed by atoms with Crippen molar-refractivity contribution in [1.82, 2.24) is 10.6 Å². The molecule has 2 rings (SSSR count). The summed E-state index contributed by atoms with van der Waals surface area (Å²) in [5.74, 6) is 0.161. The molecular weight excluding hydrogens is 212 g/mol. The Labute approximate surface area is 103 Å². The monoisotopic (exact) mass is 232 g/mol. The summed E-state index contributed by atoms with van der Waals surface area (Å²) in [7, 11) is 1.73. The molecule has 0 saturated carbocycles. The number of hydrogen-bond donors (Lipinski definition) is 2. The SMILES string of the molecule is CNC(=O)C1(Cc2ccccc2)CCCNC1. The Bertz CT molecular complexity index is 369. The van der Waals surface area contributed by atoms with E-state index in [2.05, 4.69) is 22.8 Å². The first-order valence-corrected chi connectivity index (χ1v) is 6.24. The first-order chi connectivity index (χ1) is 8.27. The molecule has 1 unspecified atom stereocenters. The van der Waals surface area contributed by atoms with Gasteiger partial charge in [0.15, 0.2) is 0 Å². The first-order valence-electron chi connectivity index (χ1n) is 6.24. The molecule has 1 aromatic rings. The second-order valence-corrected chi connectivity index (χ2v) is 4.80. The maximum Gasteiger partial charge on any atom is 0.227 e. The standard InChI is InChI=1S/C14H20N2O/c1-15-13(17)14(8-5-9-16-11-14)10-12-6-3-2-4-7-12/h2-4,6-7,16H,5,8-11H2,1H3,(H,15,17). The fraction of sp³-hybridized carbons (Fsp3) is 0.500. The highest BCUT2D eigenvalue weighted by Crippen LogP contribution is 2.30. The lowest BCUT2D eigenvalue weighted by Gasteiger charge is -2.36. The largest absolute Gasteiger partial charge is 0.359 e. The summed E-state index contributed by atoms with van der Waals surface area (Å²) >= 11 is 0. The van der Waals surface area contributed by atoms with Gasteiger partial charge in [-0.25, -0.2) is 0 Å². The van der Waals surface area contributed by atoms with Crippen molar-refractivity contribution >= 4 is 5.91 Å². The Morgan fingerprint density at radius 1 is 1.41 bits per heavy atom. The van der Waals surface area contributed by atoms with Gasteiger partial charge in [-0.15, -0.1) is 0 Å². The van der Waals surface area contributed by atoms with Crippen LogP contribution in [0.4, 0.5) is 0 Å². The summed E-state index contributed by atoms with van der Waals surface area (Å²) in [5, 5.41) is 6.17. The van der Waals surface area contributed by atoms with Gasteiger partial charge >= 0.3 is 0 Å². The van der Waals surface area contributed by atoms with Gasteiger partial charge in [-0.3, -0.25) is 4.79 Å². The molecule has 2 N–H and O–H groups in total. The van der Waals surface area contributed by atoms with Crippen LogP contribution < -0.4 is 10.6 Å². The van der Waals surface area contributed by atoms with Gasteiger partial charge in [0, 0.05) is 13.6 Å². The summed E-state index contributed by atoms with van der Waals surface area (Å²) in [6, 6.07) is 10.3. The molecule has 0 aromatic heterocycles. The summed E-state index contributed by atoms with van der Waals surface area (Å²) in [4.78, 5) is 12.1. The Morgan fingerprint density at radius 2 is 2.18 bits per heavy atom. The van der Waals surface area contributed by atoms with Crippen molar-refractivity contribution in [2.75, 3.05) is 20.1 Å². The Balaban J connectivity index is 2.19. The quantitative estimate of drug-likeness (QED) is 0.826. The van der Waals surface area contributed by atoms with Crippen LogP contribution in [-0.4, -0.2) is 26.0 Å². The molecule has 1 saturated heterocycles. The van der Waals surface area contributed by atoms with E-state index in [9.17, 15) is 4.79 Å². The summed E-state index contributed by atoms with van der Waals surface area (Å²) < 4.78 is 0. The molecule has 1 heterocycles. The maximum absolute atomic E-state index is 12.1. The minimum atomic E-state index is -0.269. The van der Waals surface area contributed by atoms with Gasteiger partial charge < -0.3 is 10.6 Å². The molecule has 0 radical (unpaired) electrons. The second kappa shape index (κ2) is 5.32. The molecule has 17 heavy (non-hydrogen) atoms. The van der Waals surface area contributed by atoms with Crippen LogP contribution in [-0.2, 0) is 11.2 Å². The number of nitrogens with one attached hydrogen (secondary N) is 2. The topological polar surface area (TPSA) is 41.1 Å². The highest BCUT2D eigenvalue weighted by molar-refractivity contribution is 5.83. The number of carbonyl (C=O) groups excluding carboxylic acids is 1. The lowest BCUT2D eigenvalue weighted by Crippen LogP contribution is -2.51. The zero-order chi connectivity index (χ0) is 12.1. The van der Waals surface area contributed by atoms with Crippen LogP contribution in [0.3, 0.4) is 0 Å². The summed E-state index contributed by atoms with van der Waals surface area (Å²) in [5.41, 5.74) is 0.966. The lowest BCUT2D eigenvalue weighted by atomic mass is 9.75. The molecule has 1 aliphatic rings. The van der Waals surface area contributed by atoms with E-state index in [1.807, 2.05) is 18.2 Å². The number of benzene rings is 1. The number of carbonyl (C=O) groups is 1. The normalized spacial score (nSPS) is 24.3. The molecule has 3 nitrogen and oxygen atoms in total. The fourth-order valence-corrected chi connectivity index (χ4v) is 2.64. The smallest absolute Gasteiger partial charge is 0.227 e. The van der Waals surface area contributed by atoms with Crippen LogP contribution in [0.5, 0.6) is 0 Å². The van der Waals surface area contributed by atoms with Crippen molar-refractivity contribution in [2.45, 2.75) is 19.3 Å². The van der Waals surface area contributed by atoms with Gasteiger partial charge in [0.1, 0.15) is 0 Å². The zero-order valence-electron chi connectivity index (χ0n) is 10.3. The Kier molecular flexibility index (Phi) is 3.79. The van der Waals surface area contributed by atoms with Gasteiger partial charge in [0.05, 0.1) is 5.41 Å². The highest BCUT2D eigenvalue weighted by atomic mass is 16.2. The third-order valence-corrected chi connectivity index (χ3v) is 3.57. The molecule has 1 fully saturated rings. The second-order valence-electron chi connectivity index (χ2n) is 4.80. The zero-order valence-corrected chi connectivity index (χ0v) is 10.3. The molecule has 0 aliphatic carbocycles. The molecule has 1 amide bonds. The molecule has 1 atom stereocenters. The molecule has 1 aliphatic heterocycles. The van der Waals surface area contributed by atoms with Crippen molar-refractivity contribution < 1.29 is 4.79 Å². The van der Waals surface area contributed by atoms with E-state index >= 15 is 0 Å². The third kappa shape index (κ3) is 2.67. The van der Waals surface area contributed by atoms with Crippen LogP contribution >= 0.6 is 0 Å². The van der Waals surface area contributed by atoms with E-state index in [0.29, 0.717) is 0 Å². The van der Waals surface area contributed by atoms with Crippen LogP contribution in [0.15, 0.2) is 30.3 Å².